The Morgan fingerprint density at radius 3 is 2.85 bits per heavy atom. The maximum atomic E-state index is 13.2. The average Bonchev–Trinajstić information content (AvgIpc) is 2.43. The van der Waals surface area contributed by atoms with Gasteiger partial charge in [-0.15, -0.1) is 0 Å². The third-order valence-electron chi connectivity index (χ3n) is 4.13. The largest absolute Gasteiger partial charge is 0.488 e. The van der Waals surface area contributed by atoms with Crippen LogP contribution in [0.4, 0.5) is 4.39 Å². The van der Waals surface area contributed by atoms with Gasteiger partial charge in [-0.3, -0.25) is 4.90 Å². The predicted octanol–water partition coefficient (Wildman–Crippen LogP) is 1.66. The third-order valence-corrected chi connectivity index (χ3v) is 4.13. The molecular formula is C15H23BFNO2. The summed E-state index contributed by atoms with van der Waals surface area (Å²) in [6, 6.07) is 4.84. The van der Waals surface area contributed by atoms with Crippen molar-refractivity contribution in [1.82, 2.24) is 4.90 Å². The van der Waals surface area contributed by atoms with Crippen LogP contribution >= 0.6 is 0 Å². The summed E-state index contributed by atoms with van der Waals surface area (Å²) in [7, 11) is -1.62. The first kappa shape index (κ1) is 15.5. The minimum atomic E-state index is -1.62. The molecule has 1 saturated heterocycles. The molecular weight excluding hydrogens is 256 g/mol. The van der Waals surface area contributed by atoms with Crippen molar-refractivity contribution in [2.45, 2.75) is 51.6 Å². The van der Waals surface area contributed by atoms with Crippen molar-refractivity contribution >= 4 is 12.6 Å². The van der Waals surface area contributed by atoms with E-state index in [0.717, 1.165) is 24.9 Å². The molecule has 0 radical (unpaired) electrons. The van der Waals surface area contributed by atoms with Crippen molar-refractivity contribution in [2.75, 3.05) is 6.54 Å². The second-order valence-corrected chi connectivity index (χ2v) is 5.63. The molecule has 0 aliphatic carbocycles. The van der Waals surface area contributed by atoms with Crippen molar-refractivity contribution in [3.63, 3.8) is 0 Å². The van der Waals surface area contributed by atoms with E-state index >= 15 is 0 Å². The fourth-order valence-corrected chi connectivity index (χ4v) is 3.10. The van der Waals surface area contributed by atoms with E-state index in [9.17, 15) is 14.4 Å². The first-order chi connectivity index (χ1) is 9.61. The van der Waals surface area contributed by atoms with Crippen LogP contribution in [-0.4, -0.2) is 34.7 Å². The maximum absolute atomic E-state index is 13.2. The first-order valence-corrected chi connectivity index (χ1v) is 7.50. The Kier molecular flexibility index (Phi) is 5.58. The van der Waals surface area contributed by atoms with Crippen LogP contribution in [0.25, 0.3) is 0 Å². The van der Waals surface area contributed by atoms with Gasteiger partial charge >= 0.3 is 7.12 Å². The molecule has 1 atom stereocenters. The molecule has 0 bridgehead atoms. The zero-order chi connectivity index (χ0) is 14.5. The number of piperidine rings is 1. The summed E-state index contributed by atoms with van der Waals surface area (Å²) in [5.41, 5.74) is 1.09. The highest BCUT2D eigenvalue weighted by Gasteiger charge is 2.24. The van der Waals surface area contributed by atoms with Crippen molar-refractivity contribution in [3.8, 4) is 0 Å². The molecule has 0 saturated carbocycles. The number of nitrogens with zero attached hydrogens (tertiary/aromatic N) is 1. The molecule has 3 nitrogen and oxygen atoms in total. The van der Waals surface area contributed by atoms with E-state index in [1.807, 2.05) is 0 Å². The summed E-state index contributed by atoms with van der Waals surface area (Å²) in [5.74, 6) is -0.430. The van der Waals surface area contributed by atoms with Crippen LogP contribution in [0.15, 0.2) is 18.2 Å². The molecule has 1 aromatic carbocycles. The van der Waals surface area contributed by atoms with Gasteiger partial charge in [0.25, 0.3) is 0 Å². The molecule has 2 rings (SSSR count). The Balaban J connectivity index is 2.15. The molecule has 1 heterocycles. The molecule has 110 valence electrons. The molecule has 0 aromatic heterocycles. The van der Waals surface area contributed by atoms with Gasteiger partial charge in [-0.2, -0.15) is 0 Å². The van der Waals surface area contributed by atoms with Crippen LogP contribution in [-0.2, 0) is 6.54 Å². The lowest BCUT2D eigenvalue weighted by molar-refractivity contribution is 0.132. The molecule has 1 unspecified atom stereocenters. The van der Waals surface area contributed by atoms with E-state index in [4.69, 9.17) is 0 Å². The normalized spacial score (nSPS) is 20.1. The first-order valence-electron chi connectivity index (χ1n) is 7.50. The van der Waals surface area contributed by atoms with E-state index in [0.29, 0.717) is 12.6 Å². The lowest BCUT2D eigenvalue weighted by atomic mass is 9.76. The van der Waals surface area contributed by atoms with E-state index in [-0.39, 0.29) is 5.46 Å². The van der Waals surface area contributed by atoms with Gasteiger partial charge in [-0.05, 0) is 49.0 Å². The highest BCUT2D eigenvalue weighted by Crippen LogP contribution is 2.22. The van der Waals surface area contributed by atoms with Gasteiger partial charge in [-0.25, -0.2) is 4.39 Å². The minimum absolute atomic E-state index is 0.283. The molecule has 5 heteroatoms. The van der Waals surface area contributed by atoms with Crippen LogP contribution in [0.2, 0.25) is 0 Å². The summed E-state index contributed by atoms with van der Waals surface area (Å²) in [6.07, 6.45) is 5.96. The Morgan fingerprint density at radius 1 is 1.35 bits per heavy atom. The lowest BCUT2D eigenvalue weighted by Crippen LogP contribution is -2.42. The quantitative estimate of drug-likeness (QED) is 0.806. The molecule has 0 amide bonds. The van der Waals surface area contributed by atoms with Gasteiger partial charge in [-0.1, -0.05) is 25.8 Å². The third kappa shape index (κ3) is 3.81. The lowest BCUT2D eigenvalue weighted by Gasteiger charge is -2.36. The average molecular weight is 279 g/mol. The summed E-state index contributed by atoms with van der Waals surface area (Å²) in [4.78, 5) is 2.39. The number of hydrogen-bond donors (Lipinski definition) is 2. The minimum Gasteiger partial charge on any atom is -0.423 e. The molecule has 20 heavy (non-hydrogen) atoms. The smallest absolute Gasteiger partial charge is 0.423 e. The fraction of sp³-hybridized carbons (Fsp3) is 0.600. The number of rotatable bonds is 5. The van der Waals surface area contributed by atoms with Crippen LogP contribution in [0.1, 0.15) is 44.6 Å². The van der Waals surface area contributed by atoms with Gasteiger partial charge in [0.2, 0.25) is 0 Å². The van der Waals surface area contributed by atoms with Crippen molar-refractivity contribution in [3.05, 3.63) is 29.6 Å². The predicted molar refractivity (Wildman–Crippen MR) is 79.2 cm³/mol. The highest BCUT2D eigenvalue weighted by atomic mass is 19.1. The van der Waals surface area contributed by atoms with Crippen molar-refractivity contribution < 1.29 is 14.4 Å². The van der Waals surface area contributed by atoms with Crippen molar-refractivity contribution in [2.24, 2.45) is 0 Å². The fourth-order valence-electron chi connectivity index (χ4n) is 3.10. The molecule has 1 fully saturated rings. The standard InChI is InChI=1S/C15H23BFNO2/c1-2-5-14-6-3-4-9-18(14)11-12-7-8-13(17)10-15(12)16(19)20/h7-8,10,14,19-20H,2-6,9,11H2,1H3. The van der Waals surface area contributed by atoms with E-state index < -0.39 is 12.9 Å². The van der Waals surface area contributed by atoms with Crippen LogP contribution < -0.4 is 5.46 Å². The molecule has 2 N–H and O–H groups in total. The summed E-state index contributed by atoms with van der Waals surface area (Å²) in [5, 5.41) is 18.8. The monoisotopic (exact) mass is 279 g/mol. The number of halogens is 1. The second-order valence-electron chi connectivity index (χ2n) is 5.63. The van der Waals surface area contributed by atoms with Crippen LogP contribution in [0.3, 0.4) is 0 Å². The molecule has 1 aliphatic heterocycles. The molecule has 1 aromatic rings. The van der Waals surface area contributed by atoms with Gasteiger partial charge < -0.3 is 10.0 Å². The number of likely N-dealkylation sites (tertiary alicyclic amines) is 1. The zero-order valence-corrected chi connectivity index (χ0v) is 12.1. The van der Waals surface area contributed by atoms with Gasteiger partial charge in [0.1, 0.15) is 5.82 Å². The van der Waals surface area contributed by atoms with E-state index in [2.05, 4.69) is 11.8 Å². The molecule has 0 spiro atoms. The SMILES string of the molecule is CCCC1CCCCN1Cc1ccc(F)cc1B(O)O. The Morgan fingerprint density at radius 2 is 2.15 bits per heavy atom. The number of benzene rings is 1. The number of hydrogen-bond acceptors (Lipinski definition) is 3. The van der Waals surface area contributed by atoms with Gasteiger partial charge in [0.15, 0.2) is 0 Å². The van der Waals surface area contributed by atoms with Crippen molar-refractivity contribution in [1.29, 1.82) is 0 Å². The van der Waals surface area contributed by atoms with Crippen LogP contribution in [0.5, 0.6) is 0 Å². The van der Waals surface area contributed by atoms with Gasteiger partial charge in [0, 0.05) is 12.6 Å². The highest BCUT2D eigenvalue weighted by molar-refractivity contribution is 6.59. The van der Waals surface area contributed by atoms with Crippen LogP contribution in [0, 0.1) is 5.82 Å². The Bertz CT molecular complexity index is 440. The molecule has 1 aliphatic rings. The van der Waals surface area contributed by atoms with E-state index in [1.54, 1.807) is 6.07 Å². The Labute approximate surface area is 120 Å². The maximum Gasteiger partial charge on any atom is 0.488 e. The topological polar surface area (TPSA) is 43.7 Å². The Hall–Kier alpha value is -0.905. The van der Waals surface area contributed by atoms with Gasteiger partial charge in [0.05, 0.1) is 0 Å². The second kappa shape index (κ2) is 7.20. The summed E-state index contributed by atoms with van der Waals surface area (Å²) >= 11 is 0. The summed E-state index contributed by atoms with van der Waals surface area (Å²) in [6.45, 7) is 3.88. The zero-order valence-electron chi connectivity index (χ0n) is 12.1. The summed E-state index contributed by atoms with van der Waals surface area (Å²) < 4.78 is 13.2. The van der Waals surface area contributed by atoms with E-state index in [1.165, 1.54) is 31.4 Å².